The molecule has 0 bridgehead atoms. The smallest absolute Gasteiger partial charge is 0.0471 e. The first kappa shape index (κ1) is 15.2. The van der Waals surface area contributed by atoms with Gasteiger partial charge in [-0.1, -0.05) is 20.8 Å². The predicted octanol–water partition coefficient (Wildman–Crippen LogP) is 3.40. The Balaban J connectivity index is 2.44. The van der Waals surface area contributed by atoms with Gasteiger partial charge < -0.3 is 10.4 Å². The summed E-state index contributed by atoms with van der Waals surface area (Å²) >= 11 is 5.29. The monoisotopic (exact) mass is 319 g/mol. The van der Waals surface area contributed by atoms with E-state index >= 15 is 0 Å². The summed E-state index contributed by atoms with van der Waals surface area (Å²) in [7, 11) is 0. The van der Waals surface area contributed by atoms with Crippen molar-refractivity contribution in [2.75, 3.05) is 19.7 Å². The Morgan fingerprint density at radius 2 is 2.24 bits per heavy atom. The molecule has 4 heteroatoms. The fourth-order valence-electron chi connectivity index (χ4n) is 1.68. The number of aliphatic hydroxyl groups is 1. The van der Waals surface area contributed by atoms with Gasteiger partial charge in [-0.3, -0.25) is 0 Å². The maximum absolute atomic E-state index is 9.13. The van der Waals surface area contributed by atoms with E-state index in [-0.39, 0.29) is 12.0 Å². The van der Waals surface area contributed by atoms with Crippen LogP contribution in [0.4, 0.5) is 0 Å². The molecule has 0 aliphatic heterocycles. The van der Waals surface area contributed by atoms with Crippen LogP contribution in [-0.4, -0.2) is 24.8 Å². The predicted molar refractivity (Wildman–Crippen MR) is 78.8 cm³/mol. The van der Waals surface area contributed by atoms with E-state index in [0.717, 1.165) is 24.0 Å². The van der Waals surface area contributed by atoms with Crippen molar-refractivity contribution in [1.82, 2.24) is 5.32 Å². The van der Waals surface area contributed by atoms with E-state index in [1.807, 2.05) is 0 Å². The number of thiophene rings is 1. The first-order chi connectivity index (χ1) is 7.99. The maximum atomic E-state index is 9.13. The standard InChI is InChI=1S/C13H22BrNOS/c1-4-10(7-16)6-15-9-13(2,3)12-5-11(14)8-17-12/h5,8,10,15-16H,4,6-7,9H2,1-3H3. The highest BCUT2D eigenvalue weighted by Crippen LogP contribution is 2.31. The Hall–Kier alpha value is 0.1000. The molecule has 0 fully saturated rings. The third kappa shape index (κ3) is 4.70. The lowest BCUT2D eigenvalue weighted by Crippen LogP contribution is -2.35. The molecule has 1 rings (SSSR count). The molecule has 17 heavy (non-hydrogen) atoms. The quantitative estimate of drug-likeness (QED) is 0.807. The molecule has 1 atom stereocenters. The molecule has 0 aliphatic carbocycles. The molecule has 1 unspecified atom stereocenters. The number of hydrogen-bond donors (Lipinski definition) is 2. The van der Waals surface area contributed by atoms with E-state index in [1.165, 1.54) is 4.88 Å². The average Bonchev–Trinajstić information content (AvgIpc) is 2.72. The van der Waals surface area contributed by atoms with Crippen LogP contribution in [0.2, 0.25) is 0 Å². The lowest BCUT2D eigenvalue weighted by atomic mass is 9.91. The second-order valence-electron chi connectivity index (χ2n) is 5.10. The zero-order valence-corrected chi connectivity index (χ0v) is 13.2. The third-order valence-corrected chi connectivity index (χ3v) is 5.13. The van der Waals surface area contributed by atoms with Gasteiger partial charge >= 0.3 is 0 Å². The number of aliphatic hydroxyl groups excluding tert-OH is 1. The molecule has 98 valence electrons. The summed E-state index contributed by atoms with van der Waals surface area (Å²) in [6, 6.07) is 2.19. The van der Waals surface area contributed by atoms with Gasteiger partial charge in [0.25, 0.3) is 0 Å². The highest BCUT2D eigenvalue weighted by atomic mass is 79.9. The van der Waals surface area contributed by atoms with E-state index in [1.54, 1.807) is 11.3 Å². The van der Waals surface area contributed by atoms with Crippen LogP contribution in [0, 0.1) is 5.92 Å². The van der Waals surface area contributed by atoms with Crippen LogP contribution < -0.4 is 5.32 Å². The van der Waals surface area contributed by atoms with Crippen molar-refractivity contribution in [3.05, 3.63) is 20.8 Å². The molecule has 1 aromatic heterocycles. The van der Waals surface area contributed by atoms with Gasteiger partial charge in [0, 0.05) is 39.8 Å². The SMILES string of the molecule is CCC(CO)CNCC(C)(C)c1cc(Br)cs1. The van der Waals surface area contributed by atoms with Crippen LogP contribution in [0.3, 0.4) is 0 Å². The van der Waals surface area contributed by atoms with E-state index < -0.39 is 0 Å². The zero-order chi connectivity index (χ0) is 12.9. The summed E-state index contributed by atoms with van der Waals surface area (Å²) in [6.45, 7) is 8.72. The van der Waals surface area contributed by atoms with Gasteiger partial charge in [-0.25, -0.2) is 0 Å². The van der Waals surface area contributed by atoms with E-state index in [4.69, 9.17) is 5.11 Å². The highest BCUT2D eigenvalue weighted by molar-refractivity contribution is 9.10. The zero-order valence-electron chi connectivity index (χ0n) is 10.8. The summed E-state index contributed by atoms with van der Waals surface area (Å²) < 4.78 is 1.16. The maximum Gasteiger partial charge on any atom is 0.0471 e. The molecule has 0 spiro atoms. The number of halogens is 1. The van der Waals surface area contributed by atoms with Crippen molar-refractivity contribution in [3.63, 3.8) is 0 Å². The molecule has 0 radical (unpaired) electrons. The minimum absolute atomic E-state index is 0.143. The fourth-order valence-corrected chi connectivity index (χ4v) is 3.24. The van der Waals surface area contributed by atoms with E-state index in [2.05, 4.69) is 53.5 Å². The van der Waals surface area contributed by atoms with Gasteiger partial charge in [-0.05, 0) is 34.3 Å². The van der Waals surface area contributed by atoms with Crippen molar-refractivity contribution in [1.29, 1.82) is 0 Å². The largest absolute Gasteiger partial charge is 0.396 e. The van der Waals surface area contributed by atoms with Crippen molar-refractivity contribution < 1.29 is 5.11 Å². The molecule has 0 aromatic carbocycles. The summed E-state index contributed by atoms with van der Waals surface area (Å²) in [5.74, 6) is 0.376. The lowest BCUT2D eigenvalue weighted by molar-refractivity contribution is 0.217. The normalized spacial score (nSPS) is 13.9. The minimum atomic E-state index is 0.143. The second kappa shape index (κ2) is 6.88. The molecule has 0 saturated carbocycles. The number of nitrogens with one attached hydrogen (secondary N) is 1. The van der Waals surface area contributed by atoms with Crippen LogP contribution in [0.15, 0.2) is 15.9 Å². The Morgan fingerprint density at radius 3 is 2.71 bits per heavy atom. The molecule has 0 amide bonds. The topological polar surface area (TPSA) is 32.3 Å². The van der Waals surface area contributed by atoms with Crippen LogP contribution in [0.1, 0.15) is 32.1 Å². The van der Waals surface area contributed by atoms with Crippen molar-refractivity contribution in [2.24, 2.45) is 5.92 Å². The Bertz CT molecular complexity index is 334. The van der Waals surface area contributed by atoms with E-state index in [9.17, 15) is 0 Å². The molecule has 2 nitrogen and oxygen atoms in total. The first-order valence-electron chi connectivity index (χ1n) is 6.05. The van der Waals surface area contributed by atoms with Crippen molar-refractivity contribution in [3.8, 4) is 0 Å². The van der Waals surface area contributed by atoms with Gasteiger partial charge in [-0.15, -0.1) is 11.3 Å². The fraction of sp³-hybridized carbons (Fsp3) is 0.692. The van der Waals surface area contributed by atoms with Gasteiger partial charge in [-0.2, -0.15) is 0 Å². The van der Waals surface area contributed by atoms with Crippen LogP contribution >= 0.6 is 27.3 Å². The summed E-state index contributed by atoms with van der Waals surface area (Å²) in [6.07, 6.45) is 1.02. The molecular formula is C13H22BrNOS. The van der Waals surface area contributed by atoms with Crippen molar-refractivity contribution >= 4 is 27.3 Å². The first-order valence-corrected chi connectivity index (χ1v) is 7.73. The van der Waals surface area contributed by atoms with Gasteiger partial charge in [0.1, 0.15) is 0 Å². The number of hydrogen-bond acceptors (Lipinski definition) is 3. The van der Waals surface area contributed by atoms with Crippen LogP contribution in [0.5, 0.6) is 0 Å². The lowest BCUT2D eigenvalue weighted by Gasteiger charge is -2.25. The number of rotatable bonds is 7. The van der Waals surface area contributed by atoms with Gasteiger partial charge in [0.15, 0.2) is 0 Å². The van der Waals surface area contributed by atoms with Gasteiger partial charge in [0.05, 0.1) is 0 Å². The highest BCUT2D eigenvalue weighted by Gasteiger charge is 2.22. The Labute approximate surface area is 117 Å². The summed E-state index contributed by atoms with van der Waals surface area (Å²) in [5, 5.41) is 14.7. The molecule has 2 N–H and O–H groups in total. The molecule has 0 saturated heterocycles. The second-order valence-corrected chi connectivity index (χ2v) is 6.93. The molecule has 0 aliphatic rings. The summed E-state index contributed by atoms with van der Waals surface area (Å²) in [4.78, 5) is 1.38. The molecular weight excluding hydrogens is 298 g/mol. The minimum Gasteiger partial charge on any atom is -0.396 e. The van der Waals surface area contributed by atoms with Crippen LogP contribution in [0.25, 0.3) is 0 Å². The summed E-state index contributed by atoms with van der Waals surface area (Å²) in [5.41, 5.74) is 0.143. The van der Waals surface area contributed by atoms with E-state index in [0.29, 0.717) is 5.92 Å². The molecule has 1 aromatic rings. The third-order valence-electron chi connectivity index (χ3n) is 3.07. The van der Waals surface area contributed by atoms with Crippen LogP contribution in [-0.2, 0) is 5.41 Å². The Kier molecular flexibility index (Phi) is 6.13. The molecule has 1 heterocycles. The Morgan fingerprint density at radius 1 is 1.53 bits per heavy atom. The van der Waals surface area contributed by atoms with Crippen molar-refractivity contribution in [2.45, 2.75) is 32.6 Å². The van der Waals surface area contributed by atoms with Gasteiger partial charge in [0.2, 0.25) is 0 Å². The average molecular weight is 320 g/mol.